The van der Waals surface area contributed by atoms with Crippen LogP contribution in [0.3, 0.4) is 0 Å². The van der Waals surface area contributed by atoms with Gasteiger partial charge in [0, 0.05) is 66.1 Å². The summed E-state index contributed by atoms with van der Waals surface area (Å²) in [5, 5.41) is 6.50. The third kappa shape index (κ3) is 5.16. The van der Waals surface area contributed by atoms with Crippen LogP contribution in [0.4, 0.5) is 17.3 Å². The number of piperazine rings is 1. The van der Waals surface area contributed by atoms with Crippen LogP contribution in [-0.2, 0) is 6.42 Å². The fourth-order valence-electron chi connectivity index (χ4n) is 5.02. The zero-order valence-electron chi connectivity index (χ0n) is 20.6. The van der Waals surface area contributed by atoms with Gasteiger partial charge in [0.2, 0.25) is 5.95 Å². The second-order valence-corrected chi connectivity index (χ2v) is 9.78. The van der Waals surface area contributed by atoms with Gasteiger partial charge in [-0.2, -0.15) is 0 Å². The molecule has 1 aliphatic rings. The Balaban J connectivity index is 1.15. The predicted octanol–water partition coefficient (Wildman–Crippen LogP) is 6.20. The van der Waals surface area contributed by atoms with Crippen LogP contribution < -0.4 is 15.1 Å². The number of aryl methyl sites for hydroxylation is 1. The molecule has 7 heteroatoms. The number of aromatic nitrogens is 3. The van der Waals surface area contributed by atoms with Gasteiger partial charge in [0.15, 0.2) is 0 Å². The molecule has 0 atom stereocenters. The molecule has 1 saturated heterocycles. The Kier molecular flexibility index (Phi) is 6.74. The molecule has 3 aromatic carbocycles. The number of pyridine rings is 1. The smallest absolute Gasteiger partial charge is 0.226 e. The summed E-state index contributed by atoms with van der Waals surface area (Å²) < 4.78 is 0. The summed E-state index contributed by atoms with van der Waals surface area (Å²) in [6.07, 6.45) is 3.66. The zero-order valence-corrected chi connectivity index (χ0v) is 21.4. The molecule has 0 amide bonds. The van der Waals surface area contributed by atoms with Gasteiger partial charge in [0.05, 0.1) is 16.7 Å². The summed E-state index contributed by atoms with van der Waals surface area (Å²) in [7, 11) is 0. The van der Waals surface area contributed by atoms with Gasteiger partial charge in [0.1, 0.15) is 0 Å². The summed E-state index contributed by atoms with van der Waals surface area (Å²) in [5.41, 5.74) is 5.37. The number of nitrogens with zero attached hydrogens (tertiary/aromatic N) is 5. The average molecular weight is 509 g/mol. The normalized spacial score (nSPS) is 13.9. The highest BCUT2D eigenvalue weighted by atomic mass is 35.5. The average Bonchev–Trinajstić information content (AvgIpc) is 2.95. The minimum atomic E-state index is 0.699. The summed E-state index contributed by atoms with van der Waals surface area (Å²) >= 11 is 6.14. The maximum Gasteiger partial charge on any atom is 0.226 e. The Morgan fingerprint density at radius 2 is 1.54 bits per heavy atom. The molecule has 6 rings (SSSR count). The number of benzene rings is 3. The molecule has 1 N–H and O–H groups in total. The van der Waals surface area contributed by atoms with Gasteiger partial charge in [0.25, 0.3) is 0 Å². The molecule has 186 valence electrons. The fourth-order valence-corrected chi connectivity index (χ4v) is 5.18. The lowest BCUT2D eigenvalue weighted by Gasteiger charge is -2.36. The molecule has 0 unspecified atom stereocenters. The largest absolute Gasteiger partial charge is 0.384 e. The van der Waals surface area contributed by atoms with E-state index in [0.29, 0.717) is 5.02 Å². The number of para-hydroxylation sites is 2. The van der Waals surface area contributed by atoms with Crippen molar-refractivity contribution in [3.63, 3.8) is 0 Å². The van der Waals surface area contributed by atoms with E-state index in [1.54, 1.807) is 0 Å². The topological polar surface area (TPSA) is 57.2 Å². The molecule has 6 nitrogen and oxygen atoms in total. The second kappa shape index (κ2) is 10.6. The van der Waals surface area contributed by atoms with Crippen molar-refractivity contribution in [2.45, 2.75) is 12.8 Å². The van der Waals surface area contributed by atoms with Crippen molar-refractivity contribution in [2.24, 2.45) is 0 Å². The molecule has 0 spiro atoms. The molecular formula is C30H29ClN6. The molecule has 37 heavy (non-hydrogen) atoms. The van der Waals surface area contributed by atoms with Crippen LogP contribution in [0.25, 0.3) is 21.8 Å². The summed E-state index contributed by atoms with van der Waals surface area (Å²) in [4.78, 5) is 19.2. The molecule has 3 heterocycles. The Bertz CT molecular complexity index is 1520. The highest BCUT2D eigenvalue weighted by Crippen LogP contribution is 2.26. The van der Waals surface area contributed by atoms with Gasteiger partial charge in [-0.25, -0.2) is 9.97 Å². The van der Waals surface area contributed by atoms with E-state index >= 15 is 0 Å². The van der Waals surface area contributed by atoms with Crippen LogP contribution in [0.2, 0.25) is 5.02 Å². The monoisotopic (exact) mass is 508 g/mol. The van der Waals surface area contributed by atoms with Crippen LogP contribution in [0.15, 0.2) is 85.1 Å². The Morgan fingerprint density at radius 1 is 0.757 bits per heavy atom. The van der Waals surface area contributed by atoms with Crippen LogP contribution in [0.5, 0.6) is 0 Å². The number of rotatable bonds is 7. The van der Waals surface area contributed by atoms with E-state index in [2.05, 4.69) is 74.7 Å². The lowest BCUT2D eigenvalue weighted by molar-refractivity contribution is 0.639. The number of hydrogen-bond donors (Lipinski definition) is 1. The molecular weight excluding hydrogens is 480 g/mol. The van der Waals surface area contributed by atoms with E-state index in [-0.39, 0.29) is 0 Å². The van der Waals surface area contributed by atoms with Gasteiger partial charge in [-0.3, -0.25) is 4.98 Å². The molecule has 2 aromatic heterocycles. The molecule has 0 bridgehead atoms. The van der Waals surface area contributed by atoms with Gasteiger partial charge >= 0.3 is 0 Å². The predicted molar refractivity (Wildman–Crippen MR) is 154 cm³/mol. The van der Waals surface area contributed by atoms with E-state index in [1.165, 1.54) is 5.69 Å². The van der Waals surface area contributed by atoms with E-state index in [1.807, 2.05) is 30.5 Å². The van der Waals surface area contributed by atoms with Gasteiger partial charge in [-0.1, -0.05) is 48.0 Å². The zero-order chi connectivity index (χ0) is 25.0. The third-order valence-corrected chi connectivity index (χ3v) is 7.20. The maximum absolute atomic E-state index is 6.14. The first kappa shape index (κ1) is 23.5. The minimum Gasteiger partial charge on any atom is -0.384 e. The number of fused-ring (bicyclic) bond motifs is 2. The lowest BCUT2D eigenvalue weighted by Crippen LogP contribution is -2.47. The van der Waals surface area contributed by atoms with Crippen LogP contribution in [-0.4, -0.2) is 47.7 Å². The quantitative estimate of drug-likeness (QED) is 0.264. The second-order valence-electron chi connectivity index (χ2n) is 9.35. The van der Waals surface area contributed by atoms with Crippen molar-refractivity contribution in [1.82, 2.24) is 15.0 Å². The minimum absolute atomic E-state index is 0.699. The number of hydrogen-bond acceptors (Lipinski definition) is 6. The van der Waals surface area contributed by atoms with Gasteiger partial charge < -0.3 is 15.1 Å². The van der Waals surface area contributed by atoms with E-state index < -0.39 is 0 Å². The fraction of sp³-hybridized carbons (Fsp3) is 0.233. The van der Waals surface area contributed by atoms with Gasteiger partial charge in [-0.05, 0) is 55.3 Å². The highest BCUT2D eigenvalue weighted by molar-refractivity contribution is 6.31. The Labute approximate surface area is 221 Å². The summed E-state index contributed by atoms with van der Waals surface area (Å²) in [5.74, 6) is 0.839. The maximum atomic E-state index is 6.14. The van der Waals surface area contributed by atoms with Crippen LogP contribution in [0, 0.1) is 0 Å². The van der Waals surface area contributed by atoms with E-state index in [0.717, 1.165) is 84.7 Å². The van der Waals surface area contributed by atoms with E-state index in [9.17, 15) is 0 Å². The molecule has 1 aliphatic heterocycles. The molecule has 0 radical (unpaired) electrons. The molecule has 1 fully saturated rings. The van der Waals surface area contributed by atoms with Crippen molar-refractivity contribution in [2.75, 3.05) is 47.8 Å². The first-order valence-corrected chi connectivity index (χ1v) is 13.2. The summed E-state index contributed by atoms with van der Waals surface area (Å²) in [6.45, 7) is 4.58. The lowest BCUT2D eigenvalue weighted by atomic mass is 10.1. The Hall–Kier alpha value is -3.90. The molecule has 0 saturated carbocycles. The van der Waals surface area contributed by atoms with E-state index in [4.69, 9.17) is 21.6 Å². The number of nitrogens with one attached hydrogen (secondary N) is 1. The van der Waals surface area contributed by atoms with Crippen molar-refractivity contribution in [1.29, 1.82) is 0 Å². The van der Waals surface area contributed by atoms with Crippen molar-refractivity contribution in [3.05, 3.63) is 95.8 Å². The van der Waals surface area contributed by atoms with Crippen LogP contribution >= 0.6 is 11.6 Å². The highest BCUT2D eigenvalue weighted by Gasteiger charge is 2.20. The van der Waals surface area contributed by atoms with Crippen molar-refractivity contribution in [3.8, 4) is 0 Å². The standard InChI is InChI=1S/C30H29ClN6/c31-22-12-13-25-26(14-16-33-29(25)21-22)32-15-6-11-28-24-9-4-5-10-27(24)34-30(35-28)37-19-17-36(18-20-37)23-7-2-1-3-8-23/h1-5,7-10,12-14,16,21H,6,11,15,17-20H2,(H,32,33). The summed E-state index contributed by atoms with van der Waals surface area (Å²) in [6, 6.07) is 26.8. The van der Waals surface area contributed by atoms with Crippen molar-refractivity contribution < 1.29 is 0 Å². The Morgan fingerprint density at radius 3 is 2.41 bits per heavy atom. The third-order valence-electron chi connectivity index (χ3n) is 6.96. The number of halogens is 1. The first-order chi connectivity index (χ1) is 18.2. The molecule has 0 aliphatic carbocycles. The van der Waals surface area contributed by atoms with Crippen LogP contribution in [0.1, 0.15) is 12.1 Å². The van der Waals surface area contributed by atoms with Gasteiger partial charge in [-0.15, -0.1) is 0 Å². The SMILES string of the molecule is Clc1ccc2c(NCCCc3nc(N4CCN(c5ccccc5)CC4)nc4ccccc34)ccnc2c1. The molecule has 5 aromatic rings. The van der Waals surface area contributed by atoms with Crippen molar-refractivity contribution >= 4 is 50.7 Å². The number of anilines is 3. The first-order valence-electron chi connectivity index (χ1n) is 12.8.